The number of rotatable bonds is 5. The lowest BCUT2D eigenvalue weighted by Gasteiger charge is -2.28. The molecule has 2 aliphatic rings. The SMILES string of the molecule is OCCn1ncc2c1CCCC2NCC1CCNCC1. The van der Waals surface area contributed by atoms with Crippen molar-refractivity contribution in [1.29, 1.82) is 0 Å². The maximum atomic E-state index is 9.10. The van der Waals surface area contributed by atoms with Crippen LogP contribution in [0.25, 0.3) is 0 Å². The van der Waals surface area contributed by atoms with Gasteiger partial charge in [-0.3, -0.25) is 4.68 Å². The molecular weight excluding hydrogens is 252 g/mol. The van der Waals surface area contributed by atoms with E-state index in [9.17, 15) is 0 Å². The fourth-order valence-electron chi connectivity index (χ4n) is 3.51. The summed E-state index contributed by atoms with van der Waals surface area (Å²) in [6.07, 6.45) is 8.11. The van der Waals surface area contributed by atoms with Gasteiger partial charge in [-0.1, -0.05) is 0 Å². The van der Waals surface area contributed by atoms with Gasteiger partial charge in [0.2, 0.25) is 0 Å². The molecule has 5 nitrogen and oxygen atoms in total. The molecule has 0 saturated carbocycles. The highest BCUT2D eigenvalue weighted by Gasteiger charge is 2.24. The predicted octanol–water partition coefficient (Wildman–Crippen LogP) is 0.842. The van der Waals surface area contributed by atoms with Crippen molar-refractivity contribution < 1.29 is 5.11 Å². The monoisotopic (exact) mass is 278 g/mol. The van der Waals surface area contributed by atoms with Gasteiger partial charge in [0.1, 0.15) is 0 Å². The number of aliphatic hydroxyl groups is 1. The number of piperidine rings is 1. The molecular formula is C15H26N4O. The van der Waals surface area contributed by atoms with Crippen LogP contribution in [0.1, 0.15) is 43.0 Å². The van der Waals surface area contributed by atoms with Gasteiger partial charge in [0.15, 0.2) is 0 Å². The lowest BCUT2D eigenvalue weighted by atomic mass is 9.91. The summed E-state index contributed by atoms with van der Waals surface area (Å²) in [5, 5.41) is 20.7. The molecule has 1 atom stereocenters. The van der Waals surface area contributed by atoms with E-state index in [2.05, 4.69) is 15.7 Å². The van der Waals surface area contributed by atoms with Crippen molar-refractivity contribution in [2.24, 2.45) is 5.92 Å². The topological polar surface area (TPSA) is 62.1 Å². The molecule has 20 heavy (non-hydrogen) atoms. The molecule has 1 aliphatic heterocycles. The van der Waals surface area contributed by atoms with Crippen LogP contribution in [0, 0.1) is 5.92 Å². The number of nitrogens with one attached hydrogen (secondary N) is 2. The van der Waals surface area contributed by atoms with Crippen molar-refractivity contribution in [3.63, 3.8) is 0 Å². The van der Waals surface area contributed by atoms with Gasteiger partial charge in [-0.2, -0.15) is 5.10 Å². The number of aliphatic hydroxyl groups excluding tert-OH is 1. The Morgan fingerprint density at radius 2 is 2.20 bits per heavy atom. The van der Waals surface area contributed by atoms with Gasteiger partial charge in [-0.15, -0.1) is 0 Å². The first kappa shape index (κ1) is 14.0. The number of hydrogen-bond acceptors (Lipinski definition) is 4. The summed E-state index contributed by atoms with van der Waals surface area (Å²) in [5.74, 6) is 0.814. The molecule has 0 amide bonds. The summed E-state index contributed by atoms with van der Waals surface area (Å²) in [6.45, 7) is 4.24. The molecule has 1 aromatic heterocycles. The first-order valence-electron chi connectivity index (χ1n) is 7.98. The average molecular weight is 278 g/mol. The van der Waals surface area contributed by atoms with Gasteiger partial charge in [-0.05, 0) is 57.7 Å². The summed E-state index contributed by atoms with van der Waals surface area (Å²) in [5.41, 5.74) is 2.69. The molecule has 2 heterocycles. The summed E-state index contributed by atoms with van der Waals surface area (Å²) >= 11 is 0. The second kappa shape index (κ2) is 6.70. The third-order valence-corrected chi connectivity index (χ3v) is 4.69. The zero-order valence-corrected chi connectivity index (χ0v) is 12.1. The Bertz CT molecular complexity index is 426. The Hall–Kier alpha value is -0.910. The molecule has 1 saturated heterocycles. The van der Waals surface area contributed by atoms with E-state index in [1.807, 2.05) is 10.9 Å². The van der Waals surface area contributed by atoms with Crippen LogP contribution in [0.4, 0.5) is 0 Å². The Morgan fingerprint density at radius 3 is 3.00 bits per heavy atom. The highest BCUT2D eigenvalue weighted by molar-refractivity contribution is 5.24. The van der Waals surface area contributed by atoms with E-state index in [1.165, 1.54) is 36.9 Å². The number of fused-ring (bicyclic) bond motifs is 1. The second-order valence-corrected chi connectivity index (χ2v) is 6.04. The van der Waals surface area contributed by atoms with E-state index < -0.39 is 0 Å². The average Bonchev–Trinajstić information content (AvgIpc) is 2.91. The molecule has 1 aromatic rings. The molecule has 0 aromatic carbocycles. The van der Waals surface area contributed by atoms with Gasteiger partial charge in [0.05, 0.1) is 19.3 Å². The maximum absolute atomic E-state index is 9.10. The summed E-state index contributed by atoms with van der Waals surface area (Å²) < 4.78 is 1.98. The Labute approximate surface area is 120 Å². The van der Waals surface area contributed by atoms with Crippen LogP contribution in [-0.4, -0.2) is 41.1 Å². The summed E-state index contributed by atoms with van der Waals surface area (Å²) in [6, 6.07) is 0.459. The minimum atomic E-state index is 0.168. The molecule has 112 valence electrons. The van der Waals surface area contributed by atoms with Crippen LogP contribution < -0.4 is 10.6 Å². The minimum Gasteiger partial charge on any atom is -0.394 e. The Balaban J connectivity index is 1.61. The number of aromatic nitrogens is 2. The van der Waals surface area contributed by atoms with Gasteiger partial charge in [0, 0.05) is 17.3 Å². The van der Waals surface area contributed by atoms with E-state index in [0.717, 1.165) is 32.0 Å². The van der Waals surface area contributed by atoms with E-state index in [-0.39, 0.29) is 6.61 Å². The fourth-order valence-corrected chi connectivity index (χ4v) is 3.51. The first-order chi connectivity index (χ1) is 9.88. The molecule has 0 radical (unpaired) electrons. The third-order valence-electron chi connectivity index (χ3n) is 4.69. The van der Waals surface area contributed by atoms with E-state index in [1.54, 1.807) is 0 Å². The van der Waals surface area contributed by atoms with Crippen molar-refractivity contribution in [2.45, 2.75) is 44.7 Å². The van der Waals surface area contributed by atoms with Crippen LogP contribution in [0.15, 0.2) is 6.20 Å². The number of nitrogens with zero attached hydrogens (tertiary/aromatic N) is 2. The van der Waals surface area contributed by atoms with Crippen molar-refractivity contribution in [2.75, 3.05) is 26.2 Å². The molecule has 0 spiro atoms. The van der Waals surface area contributed by atoms with E-state index in [0.29, 0.717) is 12.6 Å². The molecule has 3 N–H and O–H groups in total. The molecule has 1 unspecified atom stereocenters. The zero-order chi connectivity index (χ0) is 13.8. The standard InChI is InChI=1S/C15H26N4O/c20-9-8-19-15-3-1-2-14(13(15)11-18-19)17-10-12-4-6-16-7-5-12/h11-12,14,16-17,20H,1-10H2. The van der Waals surface area contributed by atoms with Gasteiger partial charge >= 0.3 is 0 Å². The maximum Gasteiger partial charge on any atom is 0.0644 e. The van der Waals surface area contributed by atoms with Crippen LogP contribution in [0.5, 0.6) is 0 Å². The third kappa shape index (κ3) is 3.05. The van der Waals surface area contributed by atoms with Gasteiger partial charge in [-0.25, -0.2) is 0 Å². The smallest absolute Gasteiger partial charge is 0.0644 e. The molecule has 5 heteroatoms. The lowest BCUT2D eigenvalue weighted by molar-refractivity contribution is 0.266. The highest BCUT2D eigenvalue weighted by Crippen LogP contribution is 2.29. The fraction of sp³-hybridized carbons (Fsp3) is 0.800. The molecule has 1 aliphatic carbocycles. The van der Waals surface area contributed by atoms with E-state index >= 15 is 0 Å². The van der Waals surface area contributed by atoms with Gasteiger partial charge < -0.3 is 15.7 Å². The molecule has 0 bridgehead atoms. The Kier molecular flexibility index (Phi) is 4.70. The minimum absolute atomic E-state index is 0.168. The highest BCUT2D eigenvalue weighted by atomic mass is 16.3. The first-order valence-corrected chi connectivity index (χ1v) is 7.98. The number of hydrogen-bond donors (Lipinski definition) is 3. The lowest BCUT2D eigenvalue weighted by Crippen LogP contribution is -2.35. The van der Waals surface area contributed by atoms with Crippen molar-refractivity contribution in [3.8, 4) is 0 Å². The van der Waals surface area contributed by atoms with Gasteiger partial charge in [0.25, 0.3) is 0 Å². The van der Waals surface area contributed by atoms with Crippen molar-refractivity contribution in [1.82, 2.24) is 20.4 Å². The van der Waals surface area contributed by atoms with Crippen LogP contribution in [0.2, 0.25) is 0 Å². The normalized spacial score (nSPS) is 23.8. The Morgan fingerprint density at radius 1 is 1.35 bits per heavy atom. The van der Waals surface area contributed by atoms with Crippen LogP contribution >= 0.6 is 0 Å². The molecule has 1 fully saturated rings. The largest absolute Gasteiger partial charge is 0.394 e. The quantitative estimate of drug-likeness (QED) is 0.747. The van der Waals surface area contributed by atoms with Crippen LogP contribution in [-0.2, 0) is 13.0 Å². The van der Waals surface area contributed by atoms with E-state index in [4.69, 9.17) is 5.11 Å². The summed E-state index contributed by atoms with van der Waals surface area (Å²) in [7, 11) is 0. The van der Waals surface area contributed by atoms with Crippen molar-refractivity contribution >= 4 is 0 Å². The second-order valence-electron chi connectivity index (χ2n) is 6.04. The zero-order valence-electron chi connectivity index (χ0n) is 12.1. The van der Waals surface area contributed by atoms with Crippen LogP contribution in [0.3, 0.4) is 0 Å². The summed E-state index contributed by atoms with van der Waals surface area (Å²) in [4.78, 5) is 0. The van der Waals surface area contributed by atoms with Crippen molar-refractivity contribution in [3.05, 3.63) is 17.5 Å². The predicted molar refractivity (Wildman–Crippen MR) is 78.6 cm³/mol. The molecule has 3 rings (SSSR count).